The second-order valence-electron chi connectivity index (χ2n) is 7.42. The summed E-state index contributed by atoms with van der Waals surface area (Å²) in [6.45, 7) is 10.3. The monoisotopic (exact) mass is 423 g/mol. The Balaban J connectivity index is 1.67. The molecule has 2 aromatic carbocycles. The molecular weight excluding hydrogens is 394 g/mol. The van der Waals surface area contributed by atoms with Crippen LogP contribution in [0.1, 0.15) is 12.5 Å². The van der Waals surface area contributed by atoms with Crippen molar-refractivity contribution in [1.82, 2.24) is 9.47 Å². The van der Waals surface area contributed by atoms with Gasteiger partial charge in [-0.2, -0.15) is 0 Å². The van der Waals surface area contributed by atoms with Gasteiger partial charge in [0.25, 0.3) is 0 Å². The fraction of sp³-hybridized carbons (Fsp3) is 0.375. The van der Waals surface area contributed by atoms with Gasteiger partial charge in [0.1, 0.15) is 5.75 Å². The Hall–Kier alpha value is -2.41. The summed E-state index contributed by atoms with van der Waals surface area (Å²) in [5.41, 5.74) is 4.60. The first kappa shape index (κ1) is 20.8. The van der Waals surface area contributed by atoms with E-state index in [4.69, 9.17) is 14.5 Å². The van der Waals surface area contributed by atoms with Crippen molar-refractivity contribution in [2.45, 2.75) is 20.4 Å². The van der Waals surface area contributed by atoms with Gasteiger partial charge in [0.15, 0.2) is 4.80 Å². The van der Waals surface area contributed by atoms with E-state index < -0.39 is 0 Å². The number of rotatable bonds is 7. The SMILES string of the molecule is CCOc1ccc(-c2csc(=Nc3cccc(C)c3)n2CCN2CCOCC2)cc1. The van der Waals surface area contributed by atoms with E-state index in [9.17, 15) is 0 Å². The van der Waals surface area contributed by atoms with Crippen LogP contribution in [0.15, 0.2) is 58.9 Å². The van der Waals surface area contributed by atoms with E-state index in [1.807, 2.05) is 19.1 Å². The van der Waals surface area contributed by atoms with Gasteiger partial charge in [0.05, 0.1) is 31.2 Å². The molecule has 0 spiro atoms. The van der Waals surface area contributed by atoms with Crippen molar-refractivity contribution >= 4 is 17.0 Å². The standard InChI is InChI=1S/C24H29N3O2S/c1-3-29-22-9-7-20(8-10-22)23-18-30-24(25-21-6-4-5-19(2)17-21)27(23)12-11-26-13-15-28-16-14-26/h4-10,17-18H,3,11-16H2,1-2H3. The highest BCUT2D eigenvalue weighted by molar-refractivity contribution is 7.07. The lowest BCUT2D eigenvalue weighted by Gasteiger charge is -2.26. The first-order chi connectivity index (χ1) is 14.7. The summed E-state index contributed by atoms with van der Waals surface area (Å²) >= 11 is 1.69. The zero-order valence-corrected chi connectivity index (χ0v) is 18.5. The third kappa shape index (κ3) is 5.19. The predicted molar refractivity (Wildman–Crippen MR) is 123 cm³/mol. The Morgan fingerprint density at radius 3 is 2.60 bits per heavy atom. The molecule has 4 rings (SSSR count). The van der Waals surface area contributed by atoms with Crippen LogP contribution < -0.4 is 9.54 Å². The molecule has 2 heterocycles. The van der Waals surface area contributed by atoms with Gasteiger partial charge in [0, 0.05) is 31.6 Å². The molecule has 0 aliphatic carbocycles. The van der Waals surface area contributed by atoms with E-state index >= 15 is 0 Å². The summed E-state index contributed by atoms with van der Waals surface area (Å²) in [5.74, 6) is 0.904. The van der Waals surface area contributed by atoms with Crippen LogP contribution in [0.4, 0.5) is 5.69 Å². The van der Waals surface area contributed by atoms with Crippen molar-refractivity contribution < 1.29 is 9.47 Å². The second kappa shape index (κ2) is 10.1. The zero-order chi connectivity index (χ0) is 20.8. The number of hydrogen-bond acceptors (Lipinski definition) is 5. The topological polar surface area (TPSA) is 39.0 Å². The number of hydrogen-bond donors (Lipinski definition) is 0. The number of aromatic nitrogens is 1. The minimum atomic E-state index is 0.677. The number of morpholine rings is 1. The van der Waals surface area contributed by atoms with Crippen LogP contribution in [-0.2, 0) is 11.3 Å². The van der Waals surface area contributed by atoms with Crippen molar-refractivity contribution in [3.8, 4) is 17.0 Å². The number of aryl methyl sites for hydroxylation is 1. The van der Waals surface area contributed by atoms with Gasteiger partial charge in [-0.05, 0) is 61.4 Å². The van der Waals surface area contributed by atoms with Crippen LogP contribution in [0.3, 0.4) is 0 Å². The van der Waals surface area contributed by atoms with Gasteiger partial charge < -0.3 is 14.0 Å². The largest absolute Gasteiger partial charge is 0.494 e. The Morgan fingerprint density at radius 1 is 1.07 bits per heavy atom. The fourth-order valence-electron chi connectivity index (χ4n) is 3.63. The molecule has 0 atom stereocenters. The highest BCUT2D eigenvalue weighted by atomic mass is 32.1. The van der Waals surface area contributed by atoms with Gasteiger partial charge >= 0.3 is 0 Å². The lowest BCUT2D eigenvalue weighted by Crippen LogP contribution is -2.39. The summed E-state index contributed by atoms with van der Waals surface area (Å²) in [6.07, 6.45) is 0. The van der Waals surface area contributed by atoms with E-state index in [1.165, 1.54) is 16.8 Å². The first-order valence-corrected chi connectivity index (χ1v) is 11.4. The minimum Gasteiger partial charge on any atom is -0.494 e. The summed E-state index contributed by atoms with van der Waals surface area (Å²) in [5, 5.41) is 2.21. The van der Waals surface area contributed by atoms with Crippen molar-refractivity contribution in [2.75, 3.05) is 39.5 Å². The van der Waals surface area contributed by atoms with Gasteiger partial charge in [-0.15, -0.1) is 11.3 Å². The van der Waals surface area contributed by atoms with Crippen LogP contribution >= 0.6 is 11.3 Å². The smallest absolute Gasteiger partial charge is 0.190 e. The number of ether oxygens (including phenoxy) is 2. The molecular formula is C24H29N3O2S. The second-order valence-corrected chi connectivity index (χ2v) is 8.25. The maximum atomic E-state index is 5.61. The molecule has 0 N–H and O–H groups in total. The molecule has 0 radical (unpaired) electrons. The Labute approximate surface area is 182 Å². The summed E-state index contributed by atoms with van der Waals surface area (Å²) in [7, 11) is 0. The average Bonchev–Trinajstić information content (AvgIpc) is 3.16. The van der Waals surface area contributed by atoms with Crippen molar-refractivity contribution in [3.63, 3.8) is 0 Å². The van der Waals surface area contributed by atoms with Gasteiger partial charge in [-0.3, -0.25) is 4.90 Å². The highest BCUT2D eigenvalue weighted by Crippen LogP contribution is 2.24. The molecule has 3 aromatic rings. The molecule has 158 valence electrons. The summed E-state index contributed by atoms with van der Waals surface area (Å²) in [4.78, 5) is 8.46. The van der Waals surface area contributed by atoms with Crippen molar-refractivity contribution in [1.29, 1.82) is 0 Å². The zero-order valence-electron chi connectivity index (χ0n) is 17.7. The summed E-state index contributed by atoms with van der Waals surface area (Å²) < 4.78 is 13.5. The quantitative estimate of drug-likeness (QED) is 0.562. The molecule has 1 saturated heterocycles. The lowest BCUT2D eigenvalue weighted by molar-refractivity contribution is 0.0363. The molecule has 1 aliphatic heterocycles. The molecule has 6 heteroatoms. The number of benzene rings is 2. The fourth-order valence-corrected chi connectivity index (χ4v) is 4.58. The molecule has 1 aliphatic rings. The van der Waals surface area contributed by atoms with Crippen molar-refractivity contribution in [2.24, 2.45) is 4.99 Å². The van der Waals surface area contributed by atoms with E-state index in [0.717, 1.165) is 55.6 Å². The lowest BCUT2D eigenvalue weighted by atomic mass is 10.1. The molecule has 1 fully saturated rings. The van der Waals surface area contributed by atoms with Gasteiger partial charge in [0.2, 0.25) is 0 Å². The summed E-state index contributed by atoms with van der Waals surface area (Å²) in [6, 6.07) is 16.7. The van der Waals surface area contributed by atoms with E-state index in [-0.39, 0.29) is 0 Å². The van der Waals surface area contributed by atoms with E-state index in [2.05, 4.69) is 58.2 Å². The molecule has 5 nitrogen and oxygen atoms in total. The Morgan fingerprint density at radius 2 is 1.87 bits per heavy atom. The van der Waals surface area contributed by atoms with E-state index in [0.29, 0.717) is 6.61 Å². The molecule has 1 aromatic heterocycles. The van der Waals surface area contributed by atoms with Gasteiger partial charge in [-0.1, -0.05) is 12.1 Å². The first-order valence-electron chi connectivity index (χ1n) is 10.6. The third-order valence-corrected chi connectivity index (χ3v) is 6.09. The molecule has 0 amide bonds. The normalized spacial score (nSPS) is 15.5. The number of thiazole rings is 1. The van der Waals surface area contributed by atoms with Crippen molar-refractivity contribution in [3.05, 3.63) is 64.3 Å². The molecule has 0 bridgehead atoms. The molecule has 0 unspecified atom stereocenters. The van der Waals surface area contributed by atoms with Crippen LogP contribution in [0.2, 0.25) is 0 Å². The minimum absolute atomic E-state index is 0.677. The van der Waals surface area contributed by atoms with Crippen LogP contribution in [-0.4, -0.2) is 48.9 Å². The van der Waals surface area contributed by atoms with Crippen LogP contribution in [0, 0.1) is 6.92 Å². The Bertz CT molecular complexity index is 1020. The Kier molecular flexibility index (Phi) is 7.00. The van der Waals surface area contributed by atoms with Crippen LogP contribution in [0.5, 0.6) is 5.75 Å². The highest BCUT2D eigenvalue weighted by Gasteiger charge is 2.13. The molecule has 0 saturated carbocycles. The maximum Gasteiger partial charge on any atom is 0.190 e. The maximum absolute atomic E-state index is 5.61. The van der Waals surface area contributed by atoms with E-state index in [1.54, 1.807) is 11.3 Å². The number of nitrogens with zero attached hydrogens (tertiary/aromatic N) is 3. The van der Waals surface area contributed by atoms with Crippen LogP contribution in [0.25, 0.3) is 11.3 Å². The third-order valence-electron chi connectivity index (χ3n) is 5.23. The average molecular weight is 424 g/mol. The molecule has 30 heavy (non-hydrogen) atoms. The predicted octanol–water partition coefficient (Wildman–Crippen LogP) is 4.49. The van der Waals surface area contributed by atoms with Gasteiger partial charge in [-0.25, -0.2) is 4.99 Å².